The summed E-state index contributed by atoms with van der Waals surface area (Å²) in [5.74, 6) is 2.43. The maximum Gasteiger partial charge on any atom is 0.222 e. The maximum atomic E-state index is 12.1. The number of nitrogens with zero attached hydrogens (tertiary/aromatic N) is 1. The van der Waals surface area contributed by atoms with Crippen molar-refractivity contribution in [2.75, 3.05) is 33.4 Å². The minimum atomic E-state index is 0.230. The van der Waals surface area contributed by atoms with E-state index in [1.54, 1.807) is 7.11 Å². The molecule has 0 saturated carbocycles. The summed E-state index contributed by atoms with van der Waals surface area (Å²) in [6.07, 6.45) is 3.35. The minimum absolute atomic E-state index is 0.230. The zero-order chi connectivity index (χ0) is 15.8. The first-order valence-corrected chi connectivity index (χ1v) is 7.97. The number of hydrogen-bond acceptors (Lipinski definition) is 4. The van der Waals surface area contributed by atoms with Gasteiger partial charge in [0.15, 0.2) is 0 Å². The highest BCUT2D eigenvalue weighted by Crippen LogP contribution is 2.18. The van der Waals surface area contributed by atoms with Crippen LogP contribution in [0.1, 0.15) is 25.7 Å². The van der Waals surface area contributed by atoms with Crippen molar-refractivity contribution in [1.82, 2.24) is 4.90 Å². The fraction of sp³-hybridized carbons (Fsp3) is 0.588. The fourth-order valence-electron chi connectivity index (χ4n) is 2.66. The fourth-order valence-corrected chi connectivity index (χ4v) is 2.66. The molecule has 2 N–H and O–H groups in total. The van der Waals surface area contributed by atoms with Crippen LogP contribution in [-0.2, 0) is 4.79 Å². The summed E-state index contributed by atoms with van der Waals surface area (Å²) >= 11 is 0. The van der Waals surface area contributed by atoms with Crippen molar-refractivity contribution in [3.05, 3.63) is 24.3 Å². The molecule has 122 valence electrons. The molecule has 0 aromatic heterocycles. The smallest absolute Gasteiger partial charge is 0.222 e. The molecule has 1 heterocycles. The lowest BCUT2D eigenvalue weighted by molar-refractivity contribution is -0.132. The van der Waals surface area contributed by atoms with E-state index in [0.717, 1.165) is 50.4 Å². The van der Waals surface area contributed by atoms with Crippen LogP contribution in [0.4, 0.5) is 0 Å². The van der Waals surface area contributed by atoms with E-state index >= 15 is 0 Å². The second-order valence-electron chi connectivity index (χ2n) is 5.69. The third-order valence-corrected chi connectivity index (χ3v) is 4.16. The highest BCUT2D eigenvalue weighted by molar-refractivity contribution is 5.76. The normalized spacial score (nSPS) is 15.6. The molecule has 0 unspecified atom stereocenters. The first kappa shape index (κ1) is 16.6. The lowest BCUT2D eigenvalue weighted by atomic mass is 9.97. The molecule has 22 heavy (non-hydrogen) atoms. The van der Waals surface area contributed by atoms with E-state index in [0.29, 0.717) is 18.9 Å². The number of methoxy groups -OCH3 is 1. The highest BCUT2D eigenvalue weighted by atomic mass is 16.5. The average Bonchev–Trinajstić information content (AvgIpc) is 2.59. The number of piperidine rings is 1. The SMILES string of the molecule is COc1ccc(OCCCC(=O)N2CCC(CN)CC2)cc1. The number of ether oxygens (including phenoxy) is 2. The Bertz CT molecular complexity index is 453. The van der Waals surface area contributed by atoms with Crippen molar-refractivity contribution in [2.24, 2.45) is 11.7 Å². The number of carbonyl (C=O) groups excluding carboxylic acids is 1. The molecule has 0 bridgehead atoms. The number of hydrogen-bond donors (Lipinski definition) is 1. The van der Waals surface area contributed by atoms with E-state index in [-0.39, 0.29) is 5.91 Å². The molecule has 2 rings (SSSR count). The molecule has 0 spiro atoms. The summed E-state index contributed by atoms with van der Waals surface area (Å²) in [7, 11) is 1.64. The second kappa shape index (κ2) is 8.63. The van der Waals surface area contributed by atoms with Gasteiger partial charge in [0.1, 0.15) is 11.5 Å². The Morgan fingerprint density at radius 3 is 2.45 bits per heavy atom. The molecule has 5 heteroatoms. The van der Waals surface area contributed by atoms with E-state index in [2.05, 4.69) is 0 Å². The van der Waals surface area contributed by atoms with Crippen LogP contribution < -0.4 is 15.2 Å². The highest BCUT2D eigenvalue weighted by Gasteiger charge is 2.21. The minimum Gasteiger partial charge on any atom is -0.497 e. The zero-order valence-corrected chi connectivity index (χ0v) is 13.3. The first-order chi connectivity index (χ1) is 10.7. The summed E-state index contributed by atoms with van der Waals surface area (Å²) < 4.78 is 10.7. The van der Waals surface area contributed by atoms with Crippen LogP contribution in [-0.4, -0.2) is 44.2 Å². The van der Waals surface area contributed by atoms with Crippen LogP contribution >= 0.6 is 0 Å². The Kier molecular flexibility index (Phi) is 6.52. The molecule has 5 nitrogen and oxygen atoms in total. The molecule has 1 aromatic carbocycles. The summed E-state index contributed by atoms with van der Waals surface area (Å²) in [4.78, 5) is 14.1. The van der Waals surface area contributed by atoms with Crippen LogP contribution in [0, 0.1) is 5.92 Å². The topological polar surface area (TPSA) is 64.8 Å². The monoisotopic (exact) mass is 306 g/mol. The van der Waals surface area contributed by atoms with Crippen LogP contribution in [0.25, 0.3) is 0 Å². The van der Waals surface area contributed by atoms with Gasteiger partial charge < -0.3 is 20.1 Å². The lowest BCUT2D eigenvalue weighted by Gasteiger charge is -2.31. The molecular weight excluding hydrogens is 280 g/mol. The lowest BCUT2D eigenvalue weighted by Crippen LogP contribution is -2.40. The Balaban J connectivity index is 1.62. The molecular formula is C17H26N2O3. The van der Waals surface area contributed by atoms with Gasteiger partial charge in [0.25, 0.3) is 0 Å². The van der Waals surface area contributed by atoms with Gasteiger partial charge >= 0.3 is 0 Å². The number of amides is 1. The van der Waals surface area contributed by atoms with Gasteiger partial charge in [-0.15, -0.1) is 0 Å². The predicted octanol–water partition coefficient (Wildman–Crippen LogP) is 2.05. The molecule has 0 atom stereocenters. The van der Waals surface area contributed by atoms with Crippen molar-refractivity contribution in [1.29, 1.82) is 0 Å². The molecule has 0 radical (unpaired) electrons. The molecule has 1 aliphatic heterocycles. The number of likely N-dealkylation sites (tertiary alicyclic amines) is 1. The summed E-state index contributed by atoms with van der Waals surface area (Å²) in [5, 5.41) is 0. The molecule has 0 aliphatic carbocycles. The van der Waals surface area contributed by atoms with Crippen molar-refractivity contribution < 1.29 is 14.3 Å². The van der Waals surface area contributed by atoms with E-state index in [9.17, 15) is 4.79 Å². The molecule has 1 saturated heterocycles. The Morgan fingerprint density at radius 1 is 1.23 bits per heavy atom. The van der Waals surface area contributed by atoms with Gasteiger partial charge in [0.2, 0.25) is 5.91 Å². The number of carbonyl (C=O) groups is 1. The van der Waals surface area contributed by atoms with Gasteiger partial charge in [0, 0.05) is 19.5 Å². The van der Waals surface area contributed by atoms with Crippen molar-refractivity contribution in [2.45, 2.75) is 25.7 Å². The molecule has 1 fully saturated rings. The number of nitrogens with two attached hydrogens (primary N) is 1. The van der Waals surface area contributed by atoms with Crippen LogP contribution in [0.3, 0.4) is 0 Å². The quantitative estimate of drug-likeness (QED) is 0.783. The van der Waals surface area contributed by atoms with Crippen LogP contribution in [0.15, 0.2) is 24.3 Å². The standard InChI is InChI=1S/C17H26N2O3/c1-21-15-4-6-16(7-5-15)22-12-2-3-17(20)19-10-8-14(13-18)9-11-19/h4-7,14H,2-3,8-13,18H2,1H3. The summed E-state index contributed by atoms with van der Waals surface area (Å²) in [6, 6.07) is 7.47. The molecule has 1 amide bonds. The summed E-state index contributed by atoms with van der Waals surface area (Å²) in [5.41, 5.74) is 5.67. The van der Waals surface area contributed by atoms with Gasteiger partial charge in [-0.3, -0.25) is 4.79 Å². The molecule has 1 aliphatic rings. The third kappa shape index (κ3) is 4.91. The third-order valence-electron chi connectivity index (χ3n) is 4.16. The Hall–Kier alpha value is -1.75. The van der Waals surface area contributed by atoms with Gasteiger partial charge in [-0.25, -0.2) is 0 Å². The first-order valence-electron chi connectivity index (χ1n) is 7.97. The van der Waals surface area contributed by atoms with E-state index in [1.165, 1.54) is 0 Å². The zero-order valence-electron chi connectivity index (χ0n) is 13.3. The van der Waals surface area contributed by atoms with Gasteiger partial charge in [-0.2, -0.15) is 0 Å². The van der Waals surface area contributed by atoms with Crippen LogP contribution in [0.2, 0.25) is 0 Å². The molecule has 1 aromatic rings. The summed E-state index contributed by atoms with van der Waals surface area (Å²) in [6.45, 7) is 2.98. The number of rotatable bonds is 7. The van der Waals surface area contributed by atoms with Crippen molar-refractivity contribution in [3.8, 4) is 11.5 Å². The van der Waals surface area contributed by atoms with E-state index in [4.69, 9.17) is 15.2 Å². The van der Waals surface area contributed by atoms with Crippen molar-refractivity contribution in [3.63, 3.8) is 0 Å². The second-order valence-corrected chi connectivity index (χ2v) is 5.69. The maximum absolute atomic E-state index is 12.1. The predicted molar refractivity (Wildman–Crippen MR) is 86.1 cm³/mol. The number of benzene rings is 1. The van der Waals surface area contributed by atoms with Gasteiger partial charge in [-0.1, -0.05) is 0 Å². The van der Waals surface area contributed by atoms with Crippen molar-refractivity contribution >= 4 is 5.91 Å². The van der Waals surface area contributed by atoms with Gasteiger partial charge in [0.05, 0.1) is 13.7 Å². The Labute approximate surface area is 132 Å². The van der Waals surface area contributed by atoms with Crippen LogP contribution in [0.5, 0.6) is 11.5 Å². The van der Waals surface area contributed by atoms with E-state index < -0.39 is 0 Å². The van der Waals surface area contributed by atoms with E-state index in [1.807, 2.05) is 29.2 Å². The Morgan fingerprint density at radius 2 is 1.86 bits per heavy atom. The average molecular weight is 306 g/mol. The van der Waals surface area contributed by atoms with Gasteiger partial charge in [-0.05, 0) is 56.0 Å². The largest absolute Gasteiger partial charge is 0.497 e.